The first-order valence-electron chi connectivity index (χ1n) is 6.62. The number of aromatic nitrogens is 1. The molecule has 0 saturated heterocycles. The highest BCUT2D eigenvalue weighted by Crippen LogP contribution is 2.29. The van der Waals surface area contributed by atoms with E-state index in [9.17, 15) is 5.11 Å². The number of hydrogen-bond acceptors (Lipinski definition) is 3. The molecule has 0 aliphatic rings. The number of aliphatic hydroxyl groups excluding tert-OH is 1. The Bertz CT molecular complexity index is 569. The van der Waals surface area contributed by atoms with Gasteiger partial charge in [-0.2, -0.15) is 0 Å². The molecule has 2 unspecified atom stereocenters. The van der Waals surface area contributed by atoms with Crippen molar-refractivity contribution in [2.24, 2.45) is 0 Å². The molecule has 1 heterocycles. The Labute approximate surface area is 124 Å². The number of rotatable bonds is 4. The van der Waals surface area contributed by atoms with Crippen molar-refractivity contribution in [1.29, 1.82) is 0 Å². The van der Waals surface area contributed by atoms with Crippen LogP contribution in [0.5, 0.6) is 0 Å². The fraction of sp³-hybridized carbons (Fsp3) is 0.312. The fourth-order valence-corrected chi connectivity index (χ4v) is 2.39. The predicted molar refractivity (Wildman–Crippen MR) is 83.1 cm³/mol. The van der Waals surface area contributed by atoms with Gasteiger partial charge in [0, 0.05) is 12.1 Å². The summed E-state index contributed by atoms with van der Waals surface area (Å²) in [6.07, 6.45) is 1.23. The highest BCUT2D eigenvalue weighted by Gasteiger charge is 2.15. The van der Waals surface area contributed by atoms with Crippen molar-refractivity contribution in [3.05, 3.63) is 58.9 Å². The molecule has 2 aromatic rings. The molecule has 0 bridgehead atoms. The molecule has 0 aliphatic heterocycles. The van der Waals surface area contributed by atoms with Crippen LogP contribution in [0.15, 0.2) is 42.6 Å². The van der Waals surface area contributed by atoms with Crippen LogP contribution in [0.4, 0.5) is 5.69 Å². The number of benzene rings is 1. The molecule has 0 aliphatic carbocycles. The predicted octanol–water partition coefficient (Wildman–Crippen LogP) is 3.99. The zero-order valence-corrected chi connectivity index (χ0v) is 12.7. The minimum atomic E-state index is -0.546. The lowest BCUT2D eigenvalue weighted by molar-refractivity contribution is 0.194. The molecular weight excluding hydrogens is 272 g/mol. The number of pyridine rings is 1. The van der Waals surface area contributed by atoms with Crippen molar-refractivity contribution in [1.82, 2.24) is 4.98 Å². The van der Waals surface area contributed by atoms with Gasteiger partial charge < -0.3 is 10.0 Å². The Kier molecular flexibility index (Phi) is 4.63. The molecule has 0 fully saturated rings. The van der Waals surface area contributed by atoms with Crippen molar-refractivity contribution < 1.29 is 5.11 Å². The molecule has 0 saturated carbocycles. The average molecular weight is 291 g/mol. The van der Waals surface area contributed by atoms with Crippen LogP contribution in [0.25, 0.3) is 0 Å². The highest BCUT2D eigenvalue weighted by atomic mass is 35.5. The van der Waals surface area contributed by atoms with Gasteiger partial charge in [0.1, 0.15) is 0 Å². The zero-order valence-electron chi connectivity index (χ0n) is 11.9. The molecule has 0 amide bonds. The summed E-state index contributed by atoms with van der Waals surface area (Å²) >= 11 is 6.24. The van der Waals surface area contributed by atoms with Crippen LogP contribution in [-0.2, 0) is 0 Å². The Morgan fingerprint density at radius 1 is 1.15 bits per heavy atom. The number of aliphatic hydroxyl groups is 1. The lowest BCUT2D eigenvalue weighted by Crippen LogP contribution is -2.22. The molecule has 106 valence electrons. The molecule has 1 N–H and O–H groups in total. The average Bonchev–Trinajstić information content (AvgIpc) is 2.46. The van der Waals surface area contributed by atoms with E-state index >= 15 is 0 Å². The van der Waals surface area contributed by atoms with Gasteiger partial charge in [-0.3, -0.25) is 4.98 Å². The summed E-state index contributed by atoms with van der Waals surface area (Å²) in [6.45, 7) is 3.81. The van der Waals surface area contributed by atoms with Crippen molar-refractivity contribution in [3.63, 3.8) is 0 Å². The quantitative estimate of drug-likeness (QED) is 0.925. The first kappa shape index (κ1) is 14.8. The second-order valence-corrected chi connectivity index (χ2v) is 5.33. The van der Waals surface area contributed by atoms with Gasteiger partial charge in [-0.15, -0.1) is 0 Å². The first-order chi connectivity index (χ1) is 9.50. The van der Waals surface area contributed by atoms with Crippen molar-refractivity contribution in [2.45, 2.75) is 26.0 Å². The van der Waals surface area contributed by atoms with Gasteiger partial charge in [0.05, 0.1) is 29.7 Å². The van der Waals surface area contributed by atoms with Crippen LogP contribution < -0.4 is 4.90 Å². The Morgan fingerprint density at radius 2 is 1.85 bits per heavy atom. The molecule has 0 radical (unpaired) electrons. The van der Waals surface area contributed by atoms with Crippen LogP contribution in [0, 0.1) is 0 Å². The second kappa shape index (κ2) is 6.25. The van der Waals surface area contributed by atoms with E-state index in [4.69, 9.17) is 11.6 Å². The maximum Gasteiger partial charge on any atom is 0.0931 e. The Hall–Kier alpha value is -1.58. The second-order valence-electron chi connectivity index (χ2n) is 4.93. The number of halogens is 1. The van der Waals surface area contributed by atoms with Gasteiger partial charge in [-0.05, 0) is 37.6 Å². The minimum Gasteiger partial charge on any atom is -0.387 e. The van der Waals surface area contributed by atoms with E-state index in [1.165, 1.54) is 0 Å². The molecule has 1 aromatic carbocycles. The smallest absolute Gasteiger partial charge is 0.0931 e. The zero-order chi connectivity index (χ0) is 14.7. The lowest BCUT2D eigenvalue weighted by atomic mass is 10.1. The maximum atomic E-state index is 9.48. The molecule has 4 heteroatoms. The number of nitrogens with zero attached hydrogens (tertiary/aromatic N) is 2. The van der Waals surface area contributed by atoms with E-state index in [0.717, 1.165) is 16.3 Å². The summed E-state index contributed by atoms with van der Waals surface area (Å²) < 4.78 is 0. The van der Waals surface area contributed by atoms with Crippen LogP contribution in [0.3, 0.4) is 0 Å². The molecule has 3 nitrogen and oxygen atoms in total. The third-order valence-electron chi connectivity index (χ3n) is 3.54. The van der Waals surface area contributed by atoms with Gasteiger partial charge >= 0.3 is 0 Å². The monoisotopic (exact) mass is 290 g/mol. The molecular formula is C16H19ClN2O. The third kappa shape index (κ3) is 3.11. The third-order valence-corrected chi connectivity index (χ3v) is 3.89. The van der Waals surface area contributed by atoms with Crippen molar-refractivity contribution >= 4 is 17.3 Å². The molecule has 20 heavy (non-hydrogen) atoms. The van der Waals surface area contributed by atoms with E-state index < -0.39 is 6.10 Å². The van der Waals surface area contributed by atoms with Crippen molar-refractivity contribution in [3.8, 4) is 0 Å². The summed E-state index contributed by atoms with van der Waals surface area (Å²) in [5.74, 6) is 0. The molecule has 0 spiro atoms. The molecule has 2 rings (SSSR count). The van der Waals surface area contributed by atoms with Crippen LogP contribution in [0.1, 0.15) is 37.3 Å². The molecule has 1 aromatic heterocycles. The van der Waals surface area contributed by atoms with E-state index in [2.05, 4.69) is 16.8 Å². The summed E-state index contributed by atoms with van der Waals surface area (Å²) in [7, 11) is 2.01. The van der Waals surface area contributed by atoms with Crippen molar-refractivity contribution in [2.75, 3.05) is 11.9 Å². The summed E-state index contributed by atoms with van der Waals surface area (Å²) in [6, 6.07) is 11.8. The van der Waals surface area contributed by atoms with E-state index in [-0.39, 0.29) is 6.04 Å². The van der Waals surface area contributed by atoms with E-state index in [1.54, 1.807) is 13.1 Å². The number of hydrogen-bond donors (Lipinski definition) is 1. The van der Waals surface area contributed by atoms with Crippen LogP contribution >= 0.6 is 11.6 Å². The maximum absolute atomic E-state index is 9.48. The summed E-state index contributed by atoms with van der Waals surface area (Å²) in [4.78, 5) is 6.38. The first-order valence-corrected chi connectivity index (χ1v) is 6.99. The van der Waals surface area contributed by atoms with E-state index in [0.29, 0.717) is 5.69 Å². The summed E-state index contributed by atoms with van der Waals surface area (Å²) in [5.41, 5.74) is 2.74. The van der Waals surface area contributed by atoms with Gasteiger partial charge in [-0.25, -0.2) is 0 Å². The standard InChI is InChI=1S/C16H19ClN2O/c1-11(14-6-4-5-7-15(14)17)19(3)13-8-9-16(12(2)20)18-10-13/h4-12,20H,1-3H3. The fourth-order valence-electron chi connectivity index (χ4n) is 2.10. The van der Waals surface area contributed by atoms with Gasteiger partial charge in [0.25, 0.3) is 0 Å². The summed E-state index contributed by atoms with van der Waals surface area (Å²) in [5, 5.41) is 10.2. The number of anilines is 1. The van der Waals surface area contributed by atoms with Gasteiger partial charge in [0.15, 0.2) is 0 Å². The SMILES string of the molecule is CC(O)c1ccc(N(C)C(C)c2ccccc2Cl)cn1. The topological polar surface area (TPSA) is 36.4 Å². The van der Waals surface area contributed by atoms with Gasteiger partial charge in [0.2, 0.25) is 0 Å². The van der Waals surface area contributed by atoms with Gasteiger partial charge in [-0.1, -0.05) is 29.8 Å². The Morgan fingerprint density at radius 3 is 2.40 bits per heavy atom. The van der Waals surface area contributed by atoms with Crippen LogP contribution in [0.2, 0.25) is 5.02 Å². The largest absolute Gasteiger partial charge is 0.387 e. The van der Waals surface area contributed by atoms with E-state index in [1.807, 2.05) is 43.4 Å². The lowest BCUT2D eigenvalue weighted by Gasteiger charge is -2.28. The normalized spacial score (nSPS) is 13.8. The molecule has 2 atom stereocenters. The van der Waals surface area contributed by atoms with Crippen LogP contribution in [-0.4, -0.2) is 17.1 Å². The highest BCUT2D eigenvalue weighted by molar-refractivity contribution is 6.31. The minimum absolute atomic E-state index is 0.142. The Balaban J connectivity index is 2.22.